The lowest BCUT2D eigenvalue weighted by Gasteiger charge is -2.34. The minimum Gasteiger partial charge on any atom is -0.324 e. The van der Waals surface area contributed by atoms with E-state index in [4.69, 9.17) is 4.98 Å². The van der Waals surface area contributed by atoms with E-state index in [2.05, 4.69) is 46.4 Å². The first-order valence-corrected chi connectivity index (χ1v) is 12.7. The second-order valence-electron chi connectivity index (χ2n) is 9.19. The highest BCUT2D eigenvalue weighted by molar-refractivity contribution is 7.19. The first-order chi connectivity index (χ1) is 17.4. The van der Waals surface area contributed by atoms with Crippen LogP contribution in [0.3, 0.4) is 0 Å². The average molecular weight is 498 g/mol. The van der Waals surface area contributed by atoms with Crippen LogP contribution in [0.15, 0.2) is 48.8 Å². The number of nitrogens with one attached hydrogen (secondary N) is 1. The van der Waals surface area contributed by atoms with Gasteiger partial charge in [-0.05, 0) is 63.7 Å². The summed E-state index contributed by atoms with van der Waals surface area (Å²) in [5.74, 6) is 0. The molecular formula is C27H27N7OS. The van der Waals surface area contributed by atoms with Crippen molar-refractivity contribution < 1.29 is 4.79 Å². The van der Waals surface area contributed by atoms with E-state index < -0.39 is 0 Å². The quantitative estimate of drug-likeness (QED) is 0.418. The number of carbonyl (C=O) groups is 1. The van der Waals surface area contributed by atoms with Gasteiger partial charge in [-0.1, -0.05) is 29.5 Å². The monoisotopic (exact) mass is 497 g/mol. The van der Waals surface area contributed by atoms with Crippen LogP contribution in [0, 0.1) is 18.3 Å². The van der Waals surface area contributed by atoms with Crippen molar-refractivity contribution in [3.05, 3.63) is 60.0 Å². The third kappa shape index (κ3) is 4.78. The van der Waals surface area contributed by atoms with Crippen LogP contribution in [0.1, 0.15) is 24.1 Å². The van der Waals surface area contributed by atoms with Crippen molar-refractivity contribution >= 4 is 33.4 Å². The Labute approximate surface area is 214 Å². The fourth-order valence-corrected chi connectivity index (χ4v) is 5.56. The van der Waals surface area contributed by atoms with Gasteiger partial charge in [0.1, 0.15) is 6.33 Å². The molecule has 9 heteroatoms. The molecule has 182 valence electrons. The zero-order valence-corrected chi connectivity index (χ0v) is 21.3. The summed E-state index contributed by atoms with van der Waals surface area (Å²) >= 11 is 1.43. The van der Waals surface area contributed by atoms with Gasteiger partial charge in [0, 0.05) is 35.8 Å². The normalized spacial score (nSPS) is 14.2. The Kier molecular flexibility index (Phi) is 6.63. The van der Waals surface area contributed by atoms with Crippen molar-refractivity contribution in [2.24, 2.45) is 0 Å². The summed E-state index contributed by atoms with van der Waals surface area (Å²) in [6.07, 6.45) is 3.47. The number of fused-ring (bicyclic) bond motifs is 1. The number of thiazole rings is 1. The standard InChI is InChI=1S/C27H27N7OS/c1-17-22-14-20(7-8-23(22)30-16-29-17)25-24(19-6-4-5-18(13-19)15-28)31-26(36-25)32-27(35)34-11-9-21(10-12-34)33(2)3/h4-8,13-14,16,21H,9-12H2,1-3H3,(H,31,32,35). The molecule has 0 radical (unpaired) electrons. The fourth-order valence-electron chi connectivity index (χ4n) is 4.58. The summed E-state index contributed by atoms with van der Waals surface area (Å²) < 4.78 is 0. The molecule has 8 nitrogen and oxygen atoms in total. The summed E-state index contributed by atoms with van der Waals surface area (Å²) in [6, 6.07) is 16.0. The third-order valence-electron chi connectivity index (χ3n) is 6.68. The maximum absolute atomic E-state index is 13.1. The number of nitrogens with zero attached hydrogens (tertiary/aromatic N) is 6. The molecule has 36 heavy (non-hydrogen) atoms. The molecule has 3 heterocycles. The summed E-state index contributed by atoms with van der Waals surface area (Å²) in [4.78, 5) is 31.6. The number of piperidine rings is 1. The van der Waals surface area contributed by atoms with Crippen LogP contribution in [0.25, 0.3) is 32.6 Å². The Morgan fingerprint density at radius 1 is 1.14 bits per heavy atom. The van der Waals surface area contributed by atoms with Gasteiger partial charge in [-0.15, -0.1) is 0 Å². The fraction of sp³-hybridized carbons (Fsp3) is 0.296. The van der Waals surface area contributed by atoms with Crippen LogP contribution in [-0.4, -0.2) is 64.0 Å². The van der Waals surface area contributed by atoms with E-state index in [0.29, 0.717) is 29.8 Å². The smallest absolute Gasteiger partial charge is 0.323 e. The largest absolute Gasteiger partial charge is 0.324 e. The molecule has 1 aliphatic heterocycles. The number of likely N-dealkylation sites (tertiary alicyclic amines) is 1. The van der Waals surface area contributed by atoms with Crippen LogP contribution in [0.5, 0.6) is 0 Å². The molecule has 0 unspecified atom stereocenters. The van der Waals surface area contributed by atoms with Crippen molar-refractivity contribution in [1.82, 2.24) is 24.8 Å². The third-order valence-corrected chi connectivity index (χ3v) is 7.70. The van der Waals surface area contributed by atoms with E-state index in [0.717, 1.165) is 51.1 Å². The molecule has 5 rings (SSSR count). The number of carbonyl (C=O) groups excluding carboxylic acids is 1. The molecule has 0 bridgehead atoms. The van der Waals surface area contributed by atoms with Crippen molar-refractivity contribution in [3.8, 4) is 27.8 Å². The summed E-state index contributed by atoms with van der Waals surface area (Å²) in [7, 11) is 4.17. The first kappa shape index (κ1) is 23.9. The van der Waals surface area contributed by atoms with Crippen molar-refractivity contribution in [1.29, 1.82) is 5.26 Å². The number of anilines is 1. The van der Waals surface area contributed by atoms with Gasteiger partial charge in [0.05, 0.1) is 27.7 Å². The molecule has 0 aliphatic carbocycles. The van der Waals surface area contributed by atoms with Gasteiger partial charge in [-0.3, -0.25) is 5.32 Å². The Balaban J connectivity index is 1.50. The van der Waals surface area contributed by atoms with Crippen molar-refractivity contribution in [2.45, 2.75) is 25.8 Å². The van der Waals surface area contributed by atoms with Crippen LogP contribution >= 0.6 is 11.3 Å². The predicted molar refractivity (Wildman–Crippen MR) is 143 cm³/mol. The van der Waals surface area contributed by atoms with E-state index in [1.807, 2.05) is 42.2 Å². The van der Waals surface area contributed by atoms with Gasteiger partial charge >= 0.3 is 6.03 Å². The van der Waals surface area contributed by atoms with Gasteiger partial charge in [-0.25, -0.2) is 19.7 Å². The van der Waals surface area contributed by atoms with Gasteiger partial charge in [-0.2, -0.15) is 5.26 Å². The Hall–Kier alpha value is -3.87. The van der Waals surface area contributed by atoms with E-state index in [-0.39, 0.29) is 6.03 Å². The van der Waals surface area contributed by atoms with Gasteiger partial charge in [0.25, 0.3) is 0 Å². The predicted octanol–water partition coefficient (Wildman–Crippen LogP) is 5.16. The lowest BCUT2D eigenvalue weighted by atomic mass is 10.0. The average Bonchev–Trinajstić information content (AvgIpc) is 3.32. The van der Waals surface area contributed by atoms with Crippen LogP contribution in [0.4, 0.5) is 9.93 Å². The molecule has 2 aromatic heterocycles. The number of hydrogen-bond acceptors (Lipinski definition) is 7. The van der Waals surface area contributed by atoms with Crippen LogP contribution < -0.4 is 5.32 Å². The van der Waals surface area contributed by atoms with Gasteiger partial charge in [0.15, 0.2) is 5.13 Å². The second kappa shape index (κ2) is 10.0. The highest BCUT2D eigenvalue weighted by atomic mass is 32.1. The molecule has 0 atom stereocenters. The second-order valence-corrected chi connectivity index (χ2v) is 10.2. The van der Waals surface area contributed by atoms with Gasteiger partial charge in [0.2, 0.25) is 0 Å². The number of aromatic nitrogens is 3. The maximum atomic E-state index is 13.1. The number of aryl methyl sites for hydroxylation is 1. The molecule has 4 aromatic rings. The lowest BCUT2D eigenvalue weighted by Crippen LogP contribution is -2.46. The number of hydrogen-bond donors (Lipinski definition) is 1. The number of rotatable bonds is 4. The highest BCUT2D eigenvalue weighted by Crippen LogP contribution is 2.40. The number of nitriles is 1. The van der Waals surface area contributed by atoms with E-state index in [9.17, 15) is 10.1 Å². The van der Waals surface area contributed by atoms with Gasteiger partial charge < -0.3 is 9.80 Å². The molecule has 0 saturated carbocycles. The minimum absolute atomic E-state index is 0.132. The molecule has 0 spiro atoms. The van der Waals surface area contributed by atoms with Crippen molar-refractivity contribution in [2.75, 3.05) is 32.5 Å². The van der Waals surface area contributed by atoms with E-state index >= 15 is 0 Å². The summed E-state index contributed by atoms with van der Waals surface area (Å²) in [6.45, 7) is 3.39. The Morgan fingerprint density at radius 2 is 1.94 bits per heavy atom. The lowest BCUT2D eigenvalue weighted by molar-refractivity contribution is 0.156. The van der Waals surface area contributed by atoms with E-state index in [1.165, 1.54) is 11.3 Å². The molecule has 1 saturated heterocycles. The molecule has 1 fully saturated rings. The molecular weight excluding hydrogens is 470 g/mol. The SMILES string of the molecule is Cc1ncnc2ccc(-c3sc(NC(=O)N4CCC(N(C)C)CC4)nc3-c3cccc(C#N)c3)cc12. The van der Waals surface area contributed by atoms with Crippen LogP contribution in [-0.2, 0) is 0 Å². The Morgan fingerprint density at radius 3 is 2.69 bits per heavy atom. The highest BCUT2D eigenvalue weighted by Gasteiger charge is 2.25. The Bertz CT molecular complexity index is 1460. The first-order valence-electron chi connectivity index (χ1n) is 11.9. The van der Waals surface area contributed by atoms with Crippen molar-refractivity contribution in [3.63, 3.8) is 0 Å². The molecule has 2 amide bonds. The summed E-state index contributed by atoms with van der Waals surface area (Å²) in [5, 5.41) is 13.9. The number of urea groups is 1. The zero-order valence-electron chi connectivity index (χ0n) is 20.5. The molecule has 1 aliphatic rings. The maximum Gasteiger partial charge on any atom is 0.323 e. The molecule has 1 N–H and O–H groups in total. The molecule has 2 aromatic carbocycles. The van der Waals surface area contributed by atoms with Crippen LogP contribution in [0.2, 0.25) is 0 Å². The summed E-state index contributed by atoms with van der Waals surface area (Å²) in [5.41, 5.74) is 4.85. The number of benzene rings is 2. The number of amides is 2. The topological polar surface area (TPSA) is 98.0 Å². The zero-order chi connectivity index (χ0) is 25.2. The van der Waals surface area contributed by atoms with E-state index in [1.54, 1.807) is 12.4 Å². The minimum atomic E-state index is -0.132.